The van der Waals surface area contributed by atoms with Gasteiger partial charge in [0.2, 0.25) is 0 Å². The summed E-state index contributed by atoms with van der Waals surface area (Å²) in [5.74, 6) is -8.10. The summed E-state index contributed by atoms with van der Waals surface area (Å²) in [6.45, 7) is 1.53. The van der Waals surface area contributed by atoms with Gasteiger partial charge < -0.3 is 21.1 Å². The third kappa shape index (κ3) is 33.9. The maximum atomic E-state index is 10.6. The SMILES string of the molecule is CC(=N)N.O=C(O)C(F)(F)F.O=C(O)C(F)(F)F.O=C(O)C(F)(F)F. The molecule has 0 spiro atoms. The number of carboxylic acid groups (broad SMARTS) is 3. The van der Waals surface area contributed by atoms with E-state index in [4.69, 9.17) is 40.8 Å². The van der Waals surface area contributed by atoms with Crippen LogP contribution in [0.5, 0.6) is 0 Å². The maximum Gasteiger partial charge on any atom is 0.490 e. The fourth-order valence-electron chi connectivity index (χ4n) is 0. The highest BCUT2D eigenvalue weighted by atomic mass is 19.4. The summed E-state index contributed by atoms with van der Waals surface area (Å²) in [4.78, 5) is 26.7. The predicted molar refractivity (Wildman–Crippen MR) is 58.7 cm³/mol. The Hall–Kier alpha value is -2.75. The van der Waals surface area contributed by atoms with Gasteiger partial charge in [0, 0.05) is 0 Å². The Balaban J connectivity index is -0.000000120. The lowest BCUT2D eigenvalue weighted by molar-refractivity contribution is -0.193. The minimum absolute atomic E-state index is 0.167. The van der Waals surface area contributed by atoms with Gasteiger partial charge >= 0.3 is 36.4 Å². The Kier molecular flexibility index (Phi) is 14.2. The molecule has 0 rings (SSSR count). The van der Waals surface area contributed by atoms with Gasteiger partial charge in [-0.05, 0) is 6.92 Å². The number of nitrogens with one attached hydrogen (secondary N) is 1. The zero-order chi connectivity index (χ0) is 21.8. The smallest absolute Gasteiger partial charge is 0.475 e. The molecule has 6 N–H and O–H groups in total. The number of halogens is 9. The van der Waals surface area contributed by atoms with Gasteiger partial charge in [0.05, 0.1) is 5.84 Å². The second-order valence-electron chi connectivity index (χ2n) is 3.09. The zero-order valence-corrected chi connectivity index (χ0v) is 11.5. The Morgan fingerprint density at radius 1 is 0.680 bits per heavy atom. The first-order valence-electron chi connectivity index (χ1n) is 4.77. The number of carbonyl (C=O) groups is 3. The first-order chi connectivity index (χ1) is 10.6. The molecule has 0 aliphatic carbocycles. The fourth-order valence-corrected chi connectivity index (χ4v) is 0. The van der Waals surface area contributed by atoms with Crippen LogP contribution in [-0.4, -0.2) is 57.6 Å². The topological polar surface area (TPSA) is 162 Å². The van der Waals surface area contributed by atoms with Gasteiger partial charge in [-0.15, -0.1) is 0 Å². The van der Waals surface area contributed by atoms with Crippen LogP contribution in [0, 0.1) is 5.41 Å². The normalized spacial score (nSPS) is 10.5. The number of hydrogen-bond donors (Lipinski definition) is 5. The van der Waals surface area contributed by atoms with Gasteiger partial charge in [-0.3, -0.25) is 5.41 Å². The molecule has 0 aromatic rings. The molecule has 0 aromatic heterocycles. The average Bonchev–Trinajstić information content (AvgIpc) is 2.25. The summed E-state index contributed by atoms with van der Waals surface area (Å²) >= 11 is 0. The molecule has 0 aromatic carbocycles. The summed E-state index contributed by atoms with van der Waals surface area (Å²) in [5, 5.41) is 27.7. The highest BCUT2D eigenvalue weighted by Crippen LogP contribution is 2.14. The van der Waals surface area contributed by atoms with Crippen molar-refractivity contribution in [3.63, 3.8) is 0 Å². The largest absolute Gasteiger partial charge is 0.490 e. The van der Waals surface area contributed by atoms with Crippen LogP contribution in [0.3, 0.4) is 0 Å². The molecule has 0 aliphatic heterocycles. The molecule has 150 valence electrons. The van der Waals surface area contributed by atoms with E-state index < -0.39 is 36.4 Å². The average molecular weight is 400 g/mol. The standard InChI is InChI=1S/3C2HF3O2.C2H6N2/c3*3-2(4,5)1(6)7;1-2(3)4/h3*(H,6,7);1H3,(H3,3,4). The van der Waals surface area contributed by atoms with E-state index in [1.54, 1.807) is 0 Å². The second-order valence-corrected chi connectivity index (χ2v) is 3.09. The summed E-state index contributed by atoms with van der Waals surface area (Å²) in [6, 6.07) is 0. The van der Waals surface area contributed by atoms with Crippen molar-refractivity contribution in [3.8, 4) is 0 Å². The van der Waals surface area contributed by atoms with Crippen molar-refractivity contribution in [2.45, 2.75) is 25.5 Å². The van der Waals surface area contributed by atoms with Crippen LogP contribution in [0.4, 0.5) is 39.5 Å². The molecule has 0 fully saturated rings. The summed E-state index contributed by atoms with van der Waals surface area (Å²) in [7, 11) is 0. The second kappa shape index (κ2) is 11.7. The van der Waals surface area contributed by atoms with Crippen molar-refractivity contribution >= 4 is 23.7 Å². The minimum Gasteiger partial charge on any atom is -0.475 e. The van der Waals surface area contributed by atoms with Crippen LogP contribution in [0.15, 0.2) is 0 Å². The van der Waals surface area contributed by atoms with Crippen LogP contribution < -0.4 is 5.73 Å². The number of hydrogen-bond acceptors (Lipinski definition) is 4. The molecule has 17 heteroatoms. The lowest BCUT2D eigenvalue weighted by atomic mass is 10.7. The van der Waals surface area contributed by atoms with E-state index in [1.165, 1.54) is 6.92 Å². The fraction of sp³-hybridized carbons (Fsp3) is 0.500. The first kappa shape index (κ1) is 30.2. The highest BCUT2D eigenvalue weighted by Gasteiger charge is 2.39. The maximum absolute atomic E-state index is 10.6. The molecule has 0 radical (unpaired) electrons. The molecular weight excluding hydrogens is 391 g/mol. The van der Waals surface area contributed by atoms with E-state index in [0.29, 0.717) is 0 Å². The lowest BCUT2D eigenvalue weighted by Gasteiger charge is -1.93. The van der Waals surface area contributed by atoms with Gasteiger partial charge in [0.15, 0.2) is 0 Å². The number of alkyl halides is 9. The predicted octanol–water partition coefficient (Wildman–Crippen LogP) is 1.84. The minimum atomic E-state index is -5.08. The number of amidine groups is 1. The molecule has 0 bridgehead atoms. The molecule has 0 unspecified atom stereocenters. The van der Waals surface area contributed by atoms with Crippen molar-refractivity contribution in [2.75, 3.05) is 0 Å². The third-order valence-electron chi connectivity index (χ3n) is 0.728. The van der Waals surface area contributed by atoms with Gasteiger partial charge in [0.25, 0.3) is 0 Å². The molecular formula is C8H9F9N2O6. The van der Waals surface area contributed by atoms with E-state index >= 15 is 0 Å². The van der Waals surface area contributed by atoms with Crippen molar-refractivity contribution in [3.05, 3.63) is 0 Å². The van der Waals surface area contributed by atoms with Crippen LogP contribution in [0.1, 0.15) is 6.92 Å². The molecule has 0 heterocycles. The molecule has 0 saturated carbocycles. The van der Waals surface area contributed by atoms with Gasteiger partial charge in [0.1, 0.15) is 0 Å². The van der Waals surface area contributed by atoms with Crippen molar-refractivity contribution < 1.29 is 69.2 Å². The quantitative estimate of drug-likeness (QED) is 0.235. The third-order valence-corrected chi connectivity index (χ3v) is 0.728. The van der Waals surface area contributed by atoms with Crippen LogP contribution in [-0.2, 0) is 14.4 Å². The van der Waals surface area contributed by atoms with E-state index in [9.17, 15) is 39.5 Å². The molecule has 0 saturated heterocycles. The van der Waals surface area contributed by atoms with E-state index in [2.05, 4.69) is 0 Å². The number of nitrogens with two attached hydrogens (primary N) is 1. The number of rotatable bonds is 0. The number of carboxylic acids is 3. The van der Waals surface area contributed by atoms with Crippen molar-refractivity contribution in [1.29, 1.82) is 5.41 Å². The molecule has 8 nitrogen and oxygen atoms in total. The Bertz CT molecular complexity index is 393. The Morgan fingerprint density at radius 2 is 0.720 bits per heavy atom. The van der Waals surface area contributed by atoms with Gasteiger partial charge in [-0.1, -0.05) is 0 Å². The number of aliphatic carboxylic acids is 3. The van der Waals surface area contributed by atoms with E-state index in [1.807, 2.05) is 0 Å². The Labute approximate surface area is 131 Å². The van der Waals surface area contributed by atoms with Gasteiger partial charge in [-0.25, -0.2) is 14.4 Å². The Morgan fingerprint density at radius 3 is 0.720 bits per heavy atom. The monoisotopic (exact) mass is 400 g/mol. The van der Waals surface area contributed by atoms with Crippen LogP contribution in [0.2, 0.25) is 0 Å². The zero-order valence-electron chi connectivity index (χ0n) is 11.5. The summed E-state index contributed by atoms with van der Waals surface area (Å²) in [5.41, 5.74) is 4.69. The first-order valence-corrected chi connectivity index (χ1v) is 4.77. The van der Waals surface area contributed by atoms with Gasteiger partial charge in [-0.2, -0.15) is 39.5 Å². The highest BCUT2D eigenvalue weighted by molar-refractivity contribution is 5.74. The molecule has 0 atom stereocenters. The van der Waals surface area contributed by atoms with E-state index in [0.717, 1.165) is 0 Å². The van der Waals surface area contributed by atoms with E-state index in [-0.39, 0.29) is 5.84 Å². The van der Waals surface area contributed by atoms with Crippen LogP contribution in [0.25, 0.3) is 0 Å². The molecule has 0 aliphatic rings. The molecule has 25 heavy (non-hydrogen) atoms. The summed E-state index contributed by atoms with van der Waals surface area (Å²) in [6.07, 6.45) is -15.3. The lowest BCUT2D eigenvalue weighted by Crippen LogP contribution is -2.21. The van der Waals surface area contributed by atoms with Crippen molar-refractivity contribution in [2.24, 2.45) is 5.73 Å². The molecule has 0 amide bonds. The summed E-state index contributed by atoms with van der Waals surface area (Å²) < 4.78 is 95.2. The van der Waals surface area contributed by atoms with Crippen molar-refractivity contribution in [1.82, 2.24) is 0 Å². The van der Waals surface area contributed by atoms with Crippen LogP contribution >= 0.6 is 0 Å².